The fourth-order valence-corrected chi connectivity index (χ4v) is 2.06. The Morgan fingerprint density at radius 1 is 1.00 bits per heavy atom. The van der Waals surface area contributed by atoms with Crippen LogP contribution in [0, 0.1) is 0 Å². The van der Waals surface area contributed by atoms with Gasteiger partial charge in [-0.05, 0) is 46.8 Å². The van der Waals surface area contributed by atoms with Crippen LogP contribution in [-0.4, -0.2) is 16.1 Å². The molecular weight excluding hydrogens is 226 g/mol. The van der Waals surface area contributed by atoms with Crippen molar-refractivity contribution in [1.29, 1.82) is 0 Å². The molecule has 0 bridgehead atoms. The Hall–Kier alpha value is -2.55. The minimum atomic E-state index is -0.903. The highest BCUT2D eigenvalue weighted by atomic mass is 16.4. The molecule has 0 aliphatic heterocycles. The number of carboxylic acid groups (broad SMARTS) is 1. The minimum Gasteiger partial charge on any atom is -0.478 e. The lowest BCUT2D eigenvalue weighted by Crippen LogP contribution is -1.95. The summed E-state index contributed by atoms with van der Waals surface area (Å²) in [6.45, 7) is 0. The van der Waals surface area contributed by atoms with Crippen molar-refractivity contribution in [3.63, 3.8) is 0 Å². The number of aromatic nitrogens is 1. The summed E-state index contributed by atoms with van der Waals surface area (Å²) in [4.78, 5) is 14.1. The van der Waals surface area contributed by atoms with E-state index in [2.05, 4.69) is 4.98 Å². The number of aromatic amines is 1. The standard InChI is InChI=1S/C15H11NO2/c17-15(18)13-3-1-2-10(9-13)11-4-5-14-12(8-11)6-7-16-14/h1-9,16H,(H,17,18). The van der Waals surface area contributed by atoms with Crippen LogP contribution < -0.4 is 0 Å². The Kier molecular flexibility index (Phi) is 2.38. The predicted molar refractivity (Wildman–Crippen MR) is 70.7 cm³/mol. The second kappa shape index (κ2) is 4.04. The summed E-state index contributed by atoms with van der Waals surface area (Å²) in [6, 6.07) is 15.0. The van der Waals surface area contributed by atoms with Crippen LogP contribution in [0.3, 0.4) is 0 Å². The van der Waals surface area contributed by atoms with Crippen molar-refractivity contribution >= 4 is 16.9 Å². The highest BCUT2D eigenvalue weighted by Gasteiger charge is 2.05. The third-order valence-electron chi connectivity index (χ3n) is 3.00. The molecule has 1 aromatic heterocycles. The van der Waals surface area contributed by atoms with Crippen molar-refractivity contribution < 1.29 is 9.90 Å². The lowest BCUT2D eigenvalue weighted by molar-refractivity contribution is 0.0697. The van der Waals surface area contributed by atoms with E-state index in [0.717, 1.165) is 22.0 Å². The van der Waals surface area contributed by atoms with Crippen molar-refractivity contribution in [3.8, 4) is 11.1 Å². The van der Waals surface area contributed by atoms with Gasteiger partial charge in [0.1, 0.15) is 0 Å². The molecule has 3 rings (SSSR count). The molecule has 0 spiro atoms. The van der Waals surface area contributed by atoms with Gasteiger partial charge in [0.05, 0.1) is 5.56 Å². The number of hydrogen-bond donors (Lipinski definition) is 2. The van der Waals surface area contributed by atoms with Crippen LogP contribution >= 0.6 is 0 Å². The first-order chi connectivity index (χ1) is 8.74. The molecule has 0 aliphatic carbocycles. The fourth-order valence-electron chi connectivity index (χ4n) is 2.06. The van der Waals surface area contributed by atoms with Crippen LogP contribution in [-0.2, 0) is 0 Å². The fraction of sp³-hybridized carbons (Fsp3) is 0. The minimum absolute atomic E-state index is 0.307. The largest absolute Gasteiger partial charge is 0.478 e. The molecule has 0 aliphatic rings. The number of carboxylic acids is 1. The molecule has 0 saturated heterocycles. The zero-order valence-corrected chi connectivity index (χ0v) is 9.55. The summed E-state index contributed by atoms with van der Waals surface area (Å²) in [7, 11) is 0. The quantitative estimate of drug-likeness (QED) is 0.716. The van der Waals surface area contributed by atoms with Crippen LogP contribution in [0.2, 0.25) is 0 Å². The van der Waals surface area contributed by atoms with Crippen LogP contribution in [0.15, 0.2) is 54.7 Å². The van der Waals surface area contributed by atoms with Gasteiger partial charge in [0, 0.05) is 11.7 Å². The van der Waals surface area contributed by atoms with E-state index < -0.39 is 5.97 Å². The van der Waals surface area contributed by atoms with E-state index >= 15 is 0 Å². The summed E-state index contributed by atoms with van der Waals surface area (Å²) >= 11 is 0. The number of fused-ring (bicyclic) bond motifs is 1. The van der Waals surface area contributed by atoms with E-state index in [0.29, 0.717) is 5.56 Å². The average Bonchev–Trinajstić information content (AvgIpc) is 2.86. The van der Waals surface area contributed by atoms with Crippen molar-refractivity contribution in [1.82, 2.24) is 4.98 Å². The van der Waals surface area contributed by atoms with Gasteiger partial charge in [-0.2, -0.15) is 0 Å². The summed E-state index contributed by atoms with van der Waals surface area (Å²) in [5.41, 5.74) is 3.32. The number of benzene rings is 2. The summed E-state index contributed by atoms with van der Waals surface area (Å²) in [5, 5.41) is 10.1. The van der Waals surface area contributed by atoms with Crippen LogP contribution in [0.4, 0.5) is 0 Å². The van der Waals surface area contributed by atoms with E-state index in [1.165, 1.54) is 0 Å². The second-order valence-corrected chi connectivity index (χ2v) is 4.17. The van der Waals surface area contributed by atoms with Gasteiger partial charge in [-0.1, -0.05) is 18.2 Å². The van der Waals surface area contributed by atoms with Crippen molar-refractivity contribution in [2.45, 2.75) is 0 Å². The van der Waals surface area contributed by atoms with Crippen LogP contribution in [0.5, 0.6) is 0 Å². The Balaban J connectivity index is 2.13. The highest BCUT2D eigenvalue weighted by molar-refractivity contribution is 5.90. The molecule has 88 valence electrons. The normalized spacial score (nSPS) is 10.7. The van der Waals surface area contributed by atoms with Crippen molar-refractivity contribution in [3.05, 3.63) is 60.3 Å². The van der Waals surface area contributed by atoms with E-state index in [-0.39, 0.29) is 0 Å². The molecular formula is C15H11NO2. The average molecular weight is 237 g/mol. The zero-order valence-electron chi connectivity index (χ0n) is 9.55. The van der Waals surface area contributed by atoms with Gasteiger partial charge in [0.25, 0.3) is 0 Å². The monoisotopic (exact) mass is 237 g/mol. The maximum absolute atomic E-state index is 11.0. The zero-order chi connectivity index (χ0) is 12.5. The highest BCUT2D eigenvalue weighted by Crippen LogP contribution is 2.24. The van der Waals surface area contributed by atoms with Crippen molar-refractivity contribution in [2.24, 2.45) is 0 Å². The molecule has 0 fully saturated rings. The molecule has 0 amide bonds. The van der Waals surface area contributed by atoms with E-state index in [9.17, 15) is 4.79 Å². The second-order valence-electron chi connectivity index (χ2n) is 4.17. The van der Waals surface area contributed by atoms with Crippen LogP contribution in [0.25, 0.3) is 22.0 Å². The first-order valence-electron chi connectivity index (χ1n) is 5.65. The Morgan fingerprint density at radius 3 is 2.67 bits per heavy atom. The molecule has 2 N–H and O–H groups in total. The first-order valence-corrected chi connectivity index (χ1v) is 5.65. The van der Waals surface area contributed by atoms with Gasteiger partial charge >= 0.3 is 5.97 Å². The van der Waals surface area contributed by atoms with E-state index in [1.54, 1.807) is 18.2 Å². The number of nitrogens with one attached hydrogen (secondary N) is 1. The number of rotatable bonds is 2. The molecule has 0 saturated carbocycles. The number of aromatic carboxylic acids is 1. The predicted octanol–water partition coefficient (Wildman–Crippen LogP) is 3.53. The van der Waals surface area contributed by atoms with Gasteiger partial charge in [0.15, 0.2) is 0 Å². The molecule has 18 heavy (non-hydrogen) atoms. The van der Waals surface area contributed by atoms with Gasteiger partial charge < -0.3 is 10.1 Å². The smallest absolute Gasteiger partial charge is 0.335 e. The maximum atomic E-state index is 11.0. The molecule has 0 radical (unpaired) electrons. The molecule has 3 aromatic rings. The summed E-state index contributed by atoms with van der Waals surface area (Å²) in [6.07, 6.45) is 1.89. The van der Waals surface area contributed by atoms with Gasteiger partial charge in [-0.3, -0.25) is 0 Å². The molecule has 2 aromatic carbocycles. The van der Waals surface area contributed by atoms with Crippen LogP contribution in [0.1, 0.15) is 10.4 Å². The van der Waals surface area contributed by atoms with Crippen molar-refractivity contribution in [2.75, 3.05) is 0 Å². The van der Waals surface area contributed by atoms with Gasteiger partial charge in [-0.15, -0.1) is 0 Å². The molecule has 3 nitrogen and oxygen atoms in total. The Bertz CT molecular complexity index is 728. The van der Waals surface area contributed by atoms with Gasteiger partial charge in [0.2, 0.25) is 0 Å². The number of hydrogen-bond acceptors (Lipinski definition) is 1. The van der Waals surface area contributed by atoms with Gasteiger partial charge in [-0.25, -0.2) is 4.79 Å². The lowest BCUT2D eigenvalue weighted by atomic mass is 10.0. The third-order valence-corrected chi connectivity index (χ3v) is 3.00. The maximum Gasteiger partial charge on any atom is 0.335 e. The number of H-pyrrole nitrogens is 1. The van der Waals surface area contributed by atoms with E-state index in [1.807, 2.05) is 36.5 Å². The molecule has 1 heterocycles. The molecule has 0 unspecified atom stereocenters. The topological polar surface area (TPSA) is 53.1 Å². The molecule has 0 atom stereocenters. The SMILES string of the molecule is O=C(O)c1cccc(-c2ccc3[nH]ccc3c2)c1. The first kappa shape index (κ1) is 10.6. The van der Waals surface area contributed by atoms with E-state index in [4.69, 9.17) is 5.11 Å². The summed E-state index contributed by atoms with van der Waals surface area (Å²) < 4.78 is 0. The summed E-state index contributed by atoms with van der Waals surface area (Å²) in [5.74, 6) is -0.903. The molecule has 3 heteroatoms. The lowest BCUT2D eigenvalue weighted by Gasteiger charge is -2.03. The number of carbonyl (C=O) groups is 1. The third kappa shape index (κ3) is 1.76. The Morgan fingerprint density at radius 2 is 1.83 bits per heavy atom. The Labute approximate surface area is 104 Å².